The van der Waals surface area contributed by atoms with Crippen molar-refractivity contribution in [3.63, 3.8) is 0 Å². The molecule has 16 heavy (non-hydrogen) atoms. The molecule has 2 bridgehead atoms. The molecule has 3 heterocycles. The van der Waals surface area contributed by atoms with E-state index in [2.05, 4.69) is 12.2 Å². The molecule has 2 aliphatic rings. The molecule has 0 aromatic carbocycles. The average Bonchev–Trinajstić information content (AvgIpc) is 2.80. The summed E-state index contributed by atoms with van der Waals surface area (Å²) in [6.45, 7) is 0. The molecule has 1 aromatic rings. The van der Waals surface area contributed by atoms with E-state index in [0.717, 1.165) is 24.1 Å². The summed E-state index contributed by atoms with van der Waals surface area (Å²) < 4.78 is 0.684. The third-order valence-electron chi connectivity index (χ3n) is 3.33. The Labute approximate surface area is 104 Å². The maximum atomic E-state index is 12.3. The molecular formula is C12H12ClNOS. The van der Waals surface area contributed by atoms with Gasteiger partial charge in [0.25, 0.3) is 5.91 Å². The molecule has 0 N–H and O–H groups in total. The van der Waals surface area contributed by atoms with Crippen molar-refractivity contribution in [1.82, 2.24) is 4.90 Å². The summed E-state index contributed by atoms with van der Waals surface area (Å²) in [6, 6.07) is 4.34. The highest BCUT2D eigenvalue weighted by Gasteiger charge is 2.37. The molecule has 0 radical (unpaired) electrons. The Balaban J connectivity index is 1.88. The normalized spacial score (nSPS) is 27.4. The van der Waals surface area contributed by atoms with Crippen LogP contribution in [0.2, 0.25) is 4.34 Å². The molecule has 1 saturated heterocycles. The molecule has 3 rings (SSSR count). The molecule has 2 nitrogen and oxygen atoms in total. The van der Waals surface area contributed by atoms with Gasteiger partial charge >= 0.3 is 0 Å². The van der Waals surface area contributed by atoms with Gasteiger partial charge in [0.05, 0.1) is 15.3 Å². The van der Waals surface area contributed by atoms with E-state index in [1.54, 1.807) is 6.07 Å². The Hall–Kier alpha value is -0.800. The van der Waals surface area contributed by atoms with Gasteiger partial charge in [-0.25, -0.2) is 0 Å². The zero-order valence-corrected chi connectivity index (χ0v) is 10.3. The number of nitrogens with zero attached hydrogens (tertiary/aromatic N) is 1. The minimum atomic E-state index is 0.147. The van der Waals surface area contributed by atoms with Crippen molar-refractivity contribution in [3.8, 4) is 0 Å². The Kier molecular flexibility index (Phi) is 2.52. The van der Waals surface area contributed by atoms with Gasteiger partial charge in [-0.15, -0.1) is 11.3 Å². The van der Waals surface area contributed by atoms with Crippen LogP contribution in [-0.4, -0.2) is 22.9 Å². The van der Waals surface area contributed by atoms with Gasteiger partial charge in [0, 0.05) is 6.04 Å². The van der Waals surface area contributed by atoms with Crippen molar-refractivity contribution in [2.24, 2.45) is 0 Å². The number of carbonyl (C=O) groups is 1. The number of rotatable bonds is 1. The maximum Gasteiger partial charge on any atom is 0.264 e. The van der Waals surface area contributed by atoms with Crippen LogP contribution in [0.15, 0.2) is 24.3 Å². The molecular weight excluding hydrogens is 242 g/mol. The highest BCUT2D eigenvalue weighted by atomic mass is 35.5. The fourth-order valence-corrected chi connectivity index (χ4v) is 3.59. The molecule has 2 atom stereocenters. The first-order valence-electron chi connectivity index (χ1n) is 5.50. The summed E-state index contributed by atoms with van der Waals surface area (Å²) in [7, 11) is 0. The Morgan fingerprint density at radius 3 is 3.00 bits per heavy atom. The van der Waals surface area contributed by atoms with Crippen LogP contribution >= 0.6 is 22.9 Å². The van der Waals surface area contributed by atoms with E-state index in [1.165, 1.54) is 11.3 Å². The second-order valence-corrected chi connectivity index (χ2v) is 5.99. The lowest BCUT2D eigenvalue weighted by Crippen LogP contribution is -2.41. The quantitative estimate of drug-likeness (QED) is 0.703. The molecule has 1 fully saturated rings. The van der Waals surface area contributed by atoms with Gasteiger partial charge in [0.1, 0.15) is 0 Å². The van der Waals surface area contributed by atoms with Crippen LogP contribution in [-0.2, 0) is 0 Å². The summed E-state index contributed by atoms with van der Waals surface area (Å²) in [6.07, 6.45) is 7.60. The minimum Gasteiger partial charge on any atom is -0.328 e. The topological polar surface area (TPSA) is 20.3 Å². The van der Waals surface area contributed by atoms with E-state index in [9.17, 15) is 4.79 Å². The van der Waals surface area contributed by atoms with Crippen molar-refractivity contribution in [1.29, 1.82) is 0 Å². The summed E-state index contributed by atoms with van der Waals surface area (Å²) in [4.78, 5) is 15.1. The highest BCUT2D eigenvalue weighted by Crippen LogP contribution is 2.34. The van der Waals surface area contributed by atoms with Crippen LogP contribution in [0.25, 0.3) is 0 Å². The fourth-order valence-electron chi connectivity index (χ4n) is 2.60. The highest BCUT2D eigenvalue weighted by molar-refractivity contribution is 7.17. The number of carbonyl (C=O) groups excluding carboxylic acids is 1. The zero-order valence-electron chi connectivity index (χ0n) is 8.73. The van der Waals surface area contributed by atoms with E-state index < -0.39 is 0 Å². The van der Waals surface area contributed by atoms with Crippen LogP contribution in [0.4, 0.5) is 0 Å². The molecule has 4 heteroatoms. The fraction of sp³-hybridized carbons (Fsp3) is 0.417. The van der Waals surface area contributed by atoms with Gasteiger partial charge in [-0.2, -0.15) is 0 Å². The predicted octanol–water partition coefficient (Wildman–Crippen LogP) is 3.33. The van der Waals surface area contributed by atoms with Gasteiger partial charge in [-0.1, -0.05) is 23.8 Å². The predicted molar refractivity (Wildman–Crippen MR) is 66.1 cm³/mol. The lowest BCUT2D eigenvalue weighted by Gasteiger charge is -2.31. The lowest BCUT2D eigenvalue weighted by molar-refractivity contribution is 0.0694. The number of fused-ring (bicyclic) bond motifs is 2. The first-order valence-corrected chi connectivity index (χ1v) is 6.70. The zero-order chi connectivity index (χ0) is 11.1. The number of halogens is 1. The average molecular weight is 254 g/mol. The third kappa shape index (κ3) is 1.59. The molecule has 1 aromatic heterocycles. The van der Waals surface area contributed by atoms with Crippen LogP contribution in [0.3, 0.4) is 0 Å². The molecule has 84 valence electrons. The molecule has 0 spiro atoms. The standard InChI is InChI=1S/C12H12ClNOS/c13-11-7-6-10(16-11)12(15)14-8-2-1-3-9(14)5-4-8/h1-2,6-9H,3-5H2/t8-,9-/m0/s1. The largest absolute Gasteiger partial charge is 0.328 e. The lowest BCUT2D eigenvalue weighted by atomic mass is 10.1. The molecule has 2 aliphatic heterocycles. The second kappa shape index (κ2) is 3.90. The first-order chi connectivity index (χ1) is 7.75. The van der Waals surface area contributed by atoms with Crippen molar-refractivity contribution in [2.45, 2.75) is 31.3 Å². The summed E-state index contributed by atoms with van der Waals surface area (Å²) in [5, 5.41) is 0. The van der Waals surface area contributed by atoms with Crippen LogP contribution < -0.4 is 0 Å². The number of amides is 1. The Morgan fingerprint density at radius 1 is 1.44 bits per heavy atom. The van der Waals surface area contributed by atoms with E-state index in [-0.39, 0.29) is 5.91 Å². The number of hydrogen-bond acceptors (Lipinski definition) is 2. The number of thiophene rings is 1. The van der Waals surface area contributed by atoms with Crippen LogP contribution in [0.1, 0.15) is 28.9 Å². The van der Waals surface area contributed by atoms with E-state index in [0.29, 0.717) is 16.4 Å². The van der Waals surface area contributed by atoms with Gasteiger partial charge in [0.2, 0.25) is 0 Å². The van der Waals surface area contributed by atoms with Crippen LogP contribution in [0.5, 0.6) is 0 Å². The SMILES string of the molecule is O=C(c1ccc(Cl)s1)N1[C@H]2CC=C[C@H]1CC2. The Bertz CT molecular complexity index is 454. The molecule has 0 saturated carbocycles. The monoisotopic (exact) mass is 253 g/mol. The van der Waals surface area contributed by atoms with E-state index in [4.69, 9.17) is 11.6 Å². The van der Waals surface area contributed by atoms with Crippen molar-refractivity contribution < 1.29 is 4.79 Å². The second-order valence-electron chi connectivity index (χ2n) is 4.28. The summed E-state index contributed by atoms with van der Waals surface area (Å²) in [5.41, 5.74) is 0. The molecule has 0 aliphatic carbocycles. The summed E-state index contributed by atoms with van der Waals surface area (Å²) in [5.74, 6) is 0.147. The minimum absolute atomic E-state index is 0.147. The first kappa shape index (κ1) is 10.4. The number of hydrogen-bond donors (Lipinski definition) is 0. The van der Waals surface area contributed by atoms with Crippen molar-refractivity contribution in [2.75, 3.05) is 0 Å². The van der Waals surface area contributed by atoms with Gasteiger partial charge in [-0.3, -0.25) is 4.79 Å². The van der Waals surface area contributed by atoms with E-state index >= 15 is 0 Å². The van der Waals surface area contributed by atoms with E-state index in [1.807, 2.05) is 11.0 Å². The van der Waals surface area contributed by atoms with Crippen molar-refractivity contribution in [3.05, 3.63) is 33.5 Å². The van der Waals surface area contributed by atoms with Gasteiger partial charge in [0.15, 0.2) is 0 Å². The molecule has 1 amide bonds. The van der Waals surface area contributed by atoms with Gasteiger partial charge in [-0.05, 0) is 31.4 Å². The molecule has 0 unspecified atom stereocenters. The third-order valence-corrected chi connectivity index (χ3v) is 4.55. The maximum absolute atomic E-state index is 12.3. The van der Waals surface area contributed by atoms with Crippen molar-refractivity contribution >= 4 is 28.8 Å². The Morgan fingerprint density at radius 2 is 2.31 bits per heavy atom. The smallest absolute Gasteiger partial charge is 0.264 e. The van der Waals surface area contributed by atoms with Crippen LogP contribution in [0, 0.1) is 0 Å². The summed E-state index contributed by atoms with van der Waals surface area (Å²) >= 11 is 7.24. The van der Waals surface area contributed by atoms with Gasteiger partial charge < -0.3 is 4.90 Å².